The number of para-hydroxylation sites is 1. The first kappa shape index (κ1) is 22.3. The van der Waals surface area contributed by atoms with E-state index in [9.17, 15) is 13.2 Å². The van der Waals surface area contributed by atoms with Crippen molar-refractivity contribution < 1.29 is 17.6 Å². The van der Waals surface area contributed by atoms with E-state index >= 15 is 0 Å². The Morgan fingerprint density at radius 2 is 1.94 bits per heavy atom. The lowest BCUT2D eigenvalue weighted by atomic mass is 10.1. The second-order valence-electron chi connectivity index (χ2n) is 7.43. The van der Waals surface area contributed by atoms with Crippen LogP contribution in [0, 0.1) is 6.92 Å². The summed E-state index contributed by atoms with van der Waals surface area (Å²) in [4.78, 5) is 19.5. The second kappa shape index (κ2) is 8.91. The average molecular weight is 481 g/mol. The quantitative estimate of drug-likeness (QED) is 0.504. The molecular weight excluding hydrogens is 456 g/mol. The van der Waals surface area contributed by atoms with Gasteiger partial charge >= 0.3 is 0 Å². The van der Waals surface area contributed by atoms with Crippen LogP contribution in [-0.2, 0) is 16.0 Å². The molecule has 1 aliphatic rings. The predicted octanol–water partition coefficient (Wildman–Crippen LogP) is 3.05. The molecule has 4 rings (SSSR count). The lowest BCUT2D eigenvalue weighted by Gasteiger charge is -2.34. The molecule has 0 bridgehead atoms. The SMILES string of the molecule is Cc1csc(SCc2c(C(=O)N3CCN(S(=O)(=O)N(C)C)CC3)oc3ccccc23)n1. The van der Waals surface area contributed by atoms with Gasteiger partial charge in [0.25, 0.3) is 16.1 Å². The summed E-state index contributed by atoms with van der Waals surface area (Å²) in [5.74, 6) is 0.690. The molecule has 166 valence electrons. The van der Waals surface area contributed by atoms with Crippen LogP contribution in [0.3, 0.4) is 0 Å². The van der Waals surface area contributed by atoms with E-state index in [2.05, 4.69) is 4.98 Å². The molecule has 2 aromatic heterocycles. The number of nitrogens with zero attached hydrogens (tertiary/aromatic N) is 4. The van der Waals surface area contributed by atoms with Crippen LogP contribution in [0.1, 0.15) is 21.8 Å². The Bertz CT molecular complexity index is 1190. The van der Waals surface area contributed by atoms with Crippen LogP contribution in [0.5, 0.6) is 0 Å². The van der Waals surface area contributed by atoms with E-state index in [1.807, 2.05) is 36.6 Å². The number of thiazole rings is 1. The first-order valence-electron chi connectivity index (χ1n) is 9.79. The van der Waals surface area contributed by atoms with Gasteiger partial charge in [-0.15, -0.1) is 11.3 Å². The number of rotatable bonds is 6. The molecule has 8 nitrogen and oxygen atoms in total. The molecule has 31 heavy (non-hydrogen) atoms. The molecule has 0 aliphatic carbocycles. The van der Waals surface area contributed by atoms with E-state index in [1.165, 1.54) is 22.7 Å². The zero-order chi connectivity index (χ0) is 22.2. The van der Waals surface area contributed by atoms with Crippen molar-refractivity contribution in [1.82, 2.24) is 18.5 Å². The summed E-state index contributed by atoms with van der Waals surface area (Å²) >= 11 is 3.17. The minimum atomic E-state index is -3.48. The number of hydrogen-bond donors (Lipinski definition) is 0. The number of piperazine rings is 1. The van der Waals surface area contributed by atoms with Gasteiger partial charge in [0.2, 0.25) is 0 Å². The number of hydrogen-bond acceptors (Lipinski definition) is 7. The number of carbonyl (C=O) groups excluding carboxylic acids is 1. The van der Waals surface area contributed by atoms with Crippen molar-refractivity contribution in [2.24, 2.45) is 0 Å². The molecule has 0 radical (unpaired) electrons. The van der Waals surface area contributed by atoms with Crippen molar-refractivity contribution >= 4 is 50.2 Å². The molecule has 0 saturated carbocycles. The third-order valence-corrected chi connectivity index (χ3v) is 9.25. The molecule has 1 amide bonds. The fraction of sp³-hybridized carbons (Fsp3) is 0.400. The van der Waals surface area contributed by atoms with Crippen LogP contribution in [0.25, 0.3) is 11.0 Å². The fourth-order valence-electron chi connectivity index (χ4n) is 3.44. The fourth-order valence-corrected chi connectivity index (χ4v) is 6.41. The highest BCUT2D eigenvalue weighted by molar-refractivity contribution is 8.00. The number of benzene rings is 1. The predicted molar refractivity (Wildman–Crippen MR) is 123 cm³/mol. The topological polar surface area (TPSA) is 87.0 Å². The molecule has 1 fully saturated rings. The van der Waals surface area contributed by atoms with Crippen molar-refractivity contribution in [2.45, 2.75) is 17.0 Å². The minimum Gasteiger partial charge on any atom is -0.451 e. The number of amides is 1. The maximum Gasteiger partial charge on any atom is 0.290 e. The molecule has 0 N–H and O–H groups in total. The minimum absolute atomic E-state index is 0.205. The standard InChI is InChI=1S/C20H24N4O4S3/c1-14-12-29-20(21-14)30-13-16-15-6-4-5-7-17(15)28-18(16)19(25)23-8-10-24(11-9-23)31(26,27)22(2)3/h4-7,12H,8-11,13H2,1-3H3. The van der Waals surface area contributed by atoms with E-state index in [-0.39, 0.29) is 19.0 Å². The van der Waals surface area contributed by atoms with Gasteiger partial charge in [0.05, 0.1) is 0 Å². The van der Waals surface area contributed by atoms with Crippen molar-refractivity contribution in [3.8, 4) is 0 Å². The Kier molecular flexibility index (Phi) is 6.40. The highest BCUT2D eigenvalue weighted by Crippen LogP contribution is 2.34. The largest absolute Gasteiger partial charge is 0.451 e. The van der Waals surface area contributed by atoms with Gasteiger partial charge in [-0.3, -0.25) is 4.79 Å². The van der Waals surface area contributed by atoms with E-state index < -0.39 is 10.2 Å². The molecule has 0 spiro atoms. The van der Waals surface area contributed by atoms with Crippen LogP contribution in [0.4, 0.5) is 0 Å². The Labute approximate surface area is 190 Å². The number of aromatic nitrogens is 1. The molecule has 11 heteroatoms. The third-order valence-electron chi connectivity index (χ3n) is 5.14. The van der Waals surface area contributed by atoms with Gasteiger partial charge in [0.15, 0.2) is 5.76 Å². The van der Waals surface area contributed by atoms with E-state index in [4.69, 9.17) is 4.42 Å². The molecule has 0 atom stereocenters. The number of thioether (sulfide) groups is 1. The van der Waals surface area contributed by atoms with Gasteiger partial charge in [-0.2, -0.15) is 17.0 Å². The van der Waals surface area contributed by atoms with Gasteiger partial charge in [0.1, 0.15) is 9.92 Å². The molecule has 3 aromatic rings. The zero-order valence-corrected chi connectivity index (χ0v) is 20.0. The molecular formula is C20H24N4O4S3. The van der Waals surface area contributed by atoms with E-state index in [1.54, 1.807) is 28.0 Å². The molecule has 0 unspecified atom stereocenters. The zero-order valence-electron chi connectivity index (χ0n) is 17.6. The summed E-state index contributed by atoms with van der Waals surface area (Å²) in [6, 6.07) is 7.63. The molecule has 1 aromatic carbocycles. The summed E-state index contributed by atoms with van der Waals surface area (Å²) < 4.78 is 34.2. The average Bonchev–Trinajstić information content (AvgIpc) is 3.34. The number of aryl methyl sites for hydroxylation is 1. The van der Waals surface area contributed by atoms with Crippen molar-refractivity contribution in [3.05, 3.63) is 46.7 Å². The van der Waals surface area contributed by atoms with Crippen LogP contribution >= 0.6 is 23.1 Å². The van der Waals surface area contributed by atoms with Gasteiger partial charge < -0.3 is 9.32 Å². The summed E-state index contributed by atoms with van der Waals surface area (Å²) in [6.07, 6.45) is 0. The van der Waals surface area contributed by atoms with Crippen LogP contribution in [0.15, 0.2) is 38.4 Å². The summed E-state index contributed by atoms with van der Waals surface area (Å²) in [5.41, 5.74) is 2.50. The lowest BCUT2D eigenvalue weighted by Crippen LogP contribution is -2.53. The smallest absolute Gasteiger partial charge is 0.290 e. The van der Waals surface area contributed by atoms with Gasteiger partial charge in [-0.05, 0) is 13.0 Å². The second-order valence-corrected chi connectivity index (χ2v) is 11.7. The summed E-state index contributed by atoms with van der Waals surface area (Å²) in [6.45, 7) is 3.12. The van der Waals surface area contributed by atoms with Gasteiger partial charge in [-0.25, -0.2) is 4.98 Å². The van der Waals surface area contributed by atoms with Crippen LogP contribution in [0.2, 0.25) is 0 Å². The Hall–Kier alpha value is -1.92. The number of furan rings is 1. The van der Waals surface area contributed by atoms with Crippen molar-refractivity contribution in [2.75, 3.05) is 40.3 Å². The maximum absolute atomic E-state index is 13.3. The normalized spacial score (nSPS) is 15.8. The lowest BCUT2D eigenvalue weighted by molar-refractivity contribution is 0.0664. The number of carbonyl (C=O) groups is 1. The Morgan fingerprint density at radius 1 is 1.23 bits per heavy atom. The monoisotopic (exact) mass is 480 g/mol. The van der Waals surface area contributed by atoms with Crippen LogP contribution < -0.4 is 0 Å². The van der Waals surface area contributed by atoms with Crippen molar-refractivity contribution in [1.29, 1.82) is 0 Å². The summed E-state index contributed by atoms with van der Waals surface area (Å²) in [7, 11) is -0.465. The third kappa shape index (κ3) is 4.51. The highest BCUT2D eigenvalue weighted by Gasteiger charge is 2.32. The first-order valence-corrected chi connectivity index (χ1v) is 13.1. The summed E-state index contributed by atoms with van der Waals surface area (Å²) in [5, 5.41) is 2.92. The first-order chi connectivity index (χ1) is 14.8. The van der Waals surface area contributed by atoms with E-state index in [0.29, 0.717) is 30.2 Å². The Morgan fingerprint density at radius 3 is 2.58 bits per heavy atom. The highest BCUT2D eigenvalue weighted by atomic mass is 32.2. The van der Waals surface area contributed by atoms with E-state index in [0.717, 1.165) is 21.0 Å². The maximum atomic E-state index is 13.3. The molecule has 1 saturated heterocycles. The van der Waals surface area contributed by atoms with Crippen LogP contribution in [-0.4, -0.2) is 73.1 Å². The molecule has 1 aliphatic heterocycles. The number of fused-ring (bicyclic) bond motifs is 1. The van der Waals surface area contributed by atoms with Gasteiger partial charge in [0, 0.05) is 68.1 Å². The van der Waals surface area contributed by atoms with Gasteiger partial charge in [-0.1, -0.05) is 30.0 Å². The molecule has 3 heterocycles. The van der Waals surface area contributed by atoms with Crippen molar-refractivity contribution in [3.63, 3.8) is 0 Å². The Balaban J connectivity index is 1.55.